The highest BCUT2D eigenvalue weighted by atomic mass is 32.2. The zero-order chi connectivity index (χ0) is 13.9. The predicted octanol–water partition coefficient (Wildman–Crippen LogP) is 4.00. The van der Waals surface area contributed by atoms with Gasteiger partial charge in [-0.25, -0.2) is 5.26 Å². The second kappa shape index (κ2) is 9.26. The number of nitriles is 1. The number of ether oxygens (including phenoxy) is 1. The molecule has 19 heavy (non-hydrogen) atoms. The number of nitrogens with zero attached hydrogens (tertiary/aromatic N) is 1. The van der Waals surface area contributed by atoms with Crippen LogP contribution >= 0.6 is 11.8 Å². The van der Waals surface area contributed by atoms with Gasteiger partial charge in [0.15, 0.2) is 0 Å². The van der Waals surface area contributed by atoms with Crippen molar-refractivity contribution in [1.82, 2.24) is 0 Å². The van der Waals surface area contributed by atoms with Gasteiger partial charge in [0.25, 0.3) is 0 Å². The number of rotatable bonds is 4. The lowest BCUT2D eigenvalue weighted by Crippen LogP contribution is -1.84. The van der Waals surface area contributed by atoms with E-state index in [9.17, 15) is 0 Å². The van der Waals surface area contributed by atoms with Gasteiger partial charge in [0.05, 0.1) is 7.11 Å². The van der Waals surface area contributed by atoms with Gasteiger partial charge >= 0.3 is 0 Å². The van der Waals surface area contributed by atoms with Crippen molar-refractivity contribution in [3.8, 4) is 11.2 Å². The third kappa shape index (κ3) is 6.14. The molecule has 0 saturated heterocycles. The van der Waals surface area contributed by atoms with Crippen molar-refractivity contribution < 1.29 is 4.74 Å². The monoisotopic (exact) mass is 288 g/mol. The van der Waals surface area contributed by atoms with Gasteiger partial charge in [0.2, 0.25) is 0 Å². The van der Waals surface area contributed by atoms with E-state index in [2.05, 4.69) is 49.0 Å². The lowest BCUT2D eigenvalue weighted by molar-refractivity contribution is 0.414. The molecule has 0 N–H and O–H groups in total. The topological polar surface area (TPSA) is 33.0 Å². The van der Waals surface area contributed by atoms with E-state index in [1.54, 1.807) is 7.11 Å². The Morgan fingerprint density at radius 3 is 2.21 bits per heavy atom. The average Bonchev–Trinajstić information content (AvgIpc) is 2.47. The molecule has 2 aromatic rings. The van der Waals surface area contributed by atoms with Crippen molar-refractivity contribution in [2.24, 2.45) is 0 Å². The molecule has 2 nitrogen and oxygen atoms in total. The molecule has 4 heteroatoms. The number of thiocyanates is 1. The summed E-state index contributed by atoms with van der Waals surface area (Å²) in [5.74, 6) is 1.90. The number of methoxy groups -OCH3 is 1. The Balaban J connectivity index is 0.000000550. The first-order valence-corrected chi connectivity index (χ1v) is 7.01. The van der Waals surface area contributed by atoms with Gasteiger partial charge in [-0.3, -0.25) is 0 Å². The van der Waals surface area contributed by atoms with Gasteiger partial charge in [-0.15, -0.1) is 11.8 Å². The van der Waals surface area contributed by atoms with Crippen LogP contribution < -0.4 is 4.74 Å². The summed E-state index contributed by atoms with van der Waals surface area (Å²) in [5.41, 5.74) is 1.31. The van der Waals surface area contributed by atoms with Crippen LogP contribution in [-0.4, -0.2) is 7.11 Å². The van der Waals surface area contributed by atoms with Crippen LogP contribution in [-0.2, 0) is 18.4 Å². The van der Waals surface area contributed by atoms with Crippen molar-refractivity contribution in [1.29, 1.82) is 5.26 Å². The maximum Gasteiger partial charge on any atom is 0.118 e. The Hall–Kier alpha value is -1.70. The van der Waals surface area contributed by atoms with Crippen molar-refractivity contribution in [3.63, 3.8) is 0 Å². The van der Waals surface area contributed by atoms with Crippen LogP contribution in [0, 0.1) is 10.7 Å². The molecule has 0 atom stereocenters. The van der Waals surface area contributed by atoms with Gasteiger partial charge in [-0.05, 0) is 29.8 Å². The predicted molar refractivity (Wildman–Crippen MR) is 82.0 cm³/mol. The summed E-state index contributed by atoms with van der Waals surface area (Å²) in [4.78, 5) is 1.30. The van der Waals surface area contributed by atoms with Crippen LogP contribution in [0.15, 0.2) is 59.5 Å². The molecule has 0 aliphatic heterocycles. The third-order valence-corrected chi connectivity index (χ3v) is 3.39. The molecule has 0 aromatic heterocycles. The summed E-state index contributed by atoms with van der Waals surface area (Å²) < 4.78 is 5.13. The number of hydrogen-bond acceptors (Lipinski definition) is 4. The normalized spacial score (nSPS) is 8.84. The van der Waals surface area contributed by atoms with Gasteiger partial charge in [0.1, 0.15) is 5.75 Å². The molecule has 0 heterocycles. The maximum atomic E-state index is 7.13. The molecule has 0 fully saturated rings. The smallest absolute Gasteiger partial charge is 0.118 e. The quantitative estimate of drug-likeness (QED) is 0.483. The van der Waals surface area contributed by atoms with Crippen molar-refractivity contribution >= 4 is 24.4 Å². The van der Waals surface area contributed by atoms with E-state index < -0.39 is 0 Å². The molecule has 0 saturated carbocycles. The molecule has 0 aliphatic rings. The molecule has 0 bridgehead atoms. The summed E-state index contributed by atoms with van der Waals surface area (Å²) in [7, 11) is 1.69. The van der Waals surface area contributed by atoms with Crippen molar-refractivity contribution in [2.45, 2.75) is 10.6 Å². The summed E-state index contributed by atoms with van der Waals surface area (Å²) in [5, 5.41) is 8.47. The number of benzene rings is 2. The van der Waals surface area contributed by atoms with E-state index in [4.69, 9.17) is 10.00 Å². The fourth-order valence-electron chi connectivity index (χ4n) is 1.41. The summed E-state index contributed by atoms with van der Waals surface area (Å²) in [6, 6.07) is 18.7. The van der Waals surface area contributed by atoms with Gasteiger partial charge in [-0.1, -0.05) is 35.7 Å². The van der Waals surface area contributed by atoms with Crippen LogP contribution in [0.1, 0.15) is 5.56 Å². The minimum absolute atomic E-state index is 0.911. The first-order chi connectivity index (χ1) is 9.30. The molecular weight excluding hydrogens is 274 g/mol. The molecule has 0 radical (unpaired) electrons. The fraction of sp³-hybridized carbons (Fsp3) is 0.133. The lowest BCUT2D eigenvalue weighted by Gasteiger charge is -2.03. The fourth-order valence-corrected chi connectivity index (χ4v) is 2.28. The van der Waals surface area contributed by atoms with Crippen LogP contribution in [0.3, 0.4) is 0 Å². The van der Waals surface area contributed by atoms with E-state index in [0.29, 0.717) is 0 Å². The van der Waals surface area contributed by atoms with Crippen molar-refractivity contribution in [3.05, 3.63) is 60.2 Å². The van der Waals surface area contributed by atoms with E-state index in [1.165, 1.54) is 15.9 Å². The van der Waals surface area contributed by atoms with E-state index in [0.717, 1.165) is 11.5 Å². The van der Waals surface area contributed by atoms with Crippen LogP contribution in [0.5, 0.6) is 5.75 Å². The number of hydrogen-bond donors (Lipinski definition) is 0. The van der Waals surface area contributed by atoms with E-state index >= 15 is 0 Å². The highest BCUT2D eigenvalue weighted by molar-refractivity contribution is 7.98. The number of thioether (sulfide) groups is 1. The highest BCUT2D eigenvalue weighted by Gasteiger charge is 1.96. The largest absolute Gasteiger partial charge is 0.696 e. The van der Waals surface area contributed by atoms with Gasteiger partial charge in [0, 0.05) is 10.6 Å². The van der Waals surface area contributed by atoms with Crippen LogP contribution in [0.2, 0.25) is 0 Å². The van der Waals surface area contributed by atoms with Crippen LogP contribution in [0.4, 0.5) is 0 Å². The van der Waals surface area contributed by atoms with Gasteiger partial charge < -0.3 is 17.4 Å². The molecule has 2 rings (SSSR count). The average molecular weight is 288 g/mol. The van der Waals surface area contributed by atoms with Crippen molar-refractivity contribution in [2.75, 3.05) is 7.11 Å². The standard InChI is InChI=1S/C14H14OS.CHNS/c1-15-13-9-7-12(8-10-13)11-16-14-5-3-2-4-6-14;2-1-3/h2-10H,11H2,1H3;3H/p-1. The zero-order valence-corrected chi connectivity index (χ0v) is 12.2. The minimum atomic E-state index is 0.911. The molecule has 0 spiro atoms. The molecule has 2 aromatic carbocycles. The summed E-state index contributed by atoms with van der Waals surface area (Å²) in [6.45, 7) is 0. The van der Waals surface area contributed by atoms with Gasteiger partial charge in [-0.2, -0.15) is 0 Å². The Bertz CT molecular complexity index is 506. The van der Waals surface area contributed by atoms with E-state index in [1.807, 2.05) is 30.0 Å². The molecular formula is C15H14NOS2-. The first-order valence-electron chi connectivity index (χ1n) is 5.62. The molecule has 0 amide bonds. The lowest BCUT2D eigenvalue weighted by atomic mass is 10.2. The Kier molecular flexibility index (Phi) is 7.48. The second-order valence-corrected chi connectivity index (χ2v) is 4.77. The summed E-state index contributed by atoms with van der Waals surface area (Å²) >= 11 is 5.55. The molecule has 98 valence electrons. The Labute approximate surface area is 123 Å². The van der Waals surface area contributed by atoms with Crippen LogP contribution in [0.25, 0.3) is 0 Å². The third-order valence-electron chi connectivity index (χ3n) is 2.31. The molecule has 0 aliphatic carbocycles. The van der Waals surface area contributed by atoms with E-state index in [-0.39, 0.29) is 0 Å². The Morgan fingerprint density at radius 2 is 1.68 bits per heavy atom. The maximum absolute atomic E-state index is 7.13. The summed E-state index contributed by atoms with van der Waals surface area (Å²) in [6.07, 6.45) is 0. The zero-order valence-electron chi connectivity index (χ0n) is 10.6. The first kappa shape index (κ1) is 15.4. The second-order valence-electron chi connectivity index (χ2n) is 3.54. The Morgan fingerprint density at radius 1 is 1.11 bits per heavy atom. The highest BCUT2D eigenvalue weighted by Crippen LogP contribution is 2.23. The minimum Gasteiger partial charge on any atom is -0.696 e. The molecule has 0 unspecified atom stereocenters. The SMILES string of the molecule is COc1ccc(CSc2ccccc2)cc1.N#C[S-].